The molecule has 1 aromatic heterocycles. The summed E-state index contributed by atoms with van der Waals surface area (Å²) >= 11 is 10.4. The summed E-state index contributed by atoms with van der Waals surface area (Å²) in [6.07, 6.45) is 1.40. The molecule has 0 aliphatic carbocycles. The minimum atomic E-state index is -0.152. The maximum absolute atomic E-state index is 11.2. The van der Waals surface area contributed by atoms with Crippen molar-refractivity contribution in [3.8, 4) is 0 Å². The summed E-state index contributed by atoms with van der Waals surface area (Å²) < 4.78 is 0.492. The van der Waals surface area contributed by atoms with Gasteiger partial charge < -0.3 is 4.98 Å². The third kappa shape index (κ3) is 3.29. The number of nitrogens with one attached hydrogen (secondary N) is 1. The quantitative estimate of drug-likeness (QED) is 0.528. The van der Waals surface area contributed by atoms with Gasteiger partial charge in [0, 0.05) is 11.6 Å². The van der Waals surface area contributed by atoms with Crippen LogP contribution in [0.5, 0.6) is 0 Å². The fraction of sp³-hybridized carbons (Fsp3) is 0.500. The second-order valence-electron chi connectivity index (χ2n) is 2.92. The maximum Gasteiger partial charge on any atom is 0.266 e. The van der Waals surface area contributed by atoms with E-state index in [1.165, 1.54) is 18.1 Å². The van der Waals surface area contributed by atoms with Gasteiger partial charge in [0.15, 0.2) is 0 Å². The molecule has 78 valence electrons. The lowest BCUT2D eigenvalue weighted by Gasteiger charge is -2.06. The lowest BCUT2D eigenvalue weighted by atomic mass is 10.3. The maximum atomic E-state index is 11.2. The molecule has 0 aliphatic rings. The summed E-state index contributed by atoms with van der Waals surface area (Å²) in [5.74, 6) is 1.89. The second-order valence-corrected chi connectivity index (χ2v) is 5.03. The topological polar surface area (TPSA) is 45.8 Å². The van der Waals surface area contributed by atoms with E-state index in [2.05, 4.69) is 32.8 Å². The molecule has 0 bridgehead atoms. The van der Waals surface area contributed by atoms with Gasteiger partial charge in [0.25, 0.3) is 5.56 Å². The SMILES string of the molecule is CC(CCl)CSc1nc[nH]c(=O)c1Br. The highest BCUT2D eigenvalue weighted by Gasteiger charge is 2.07. The zero-order valence-corrected chi connectivity index (χ0v) is 10.7. The third-order valence-corrected chi connectivity index (χ3v) is 4.38. The number of nitrogens with zero attached hydrogens (tertiary/aromatic N) is 1. The Morgan fingerprint density at radius 2 is 2.50 bits per heavy atom. The van der Waals surface area contributed by atoms with Crippen LogP contribution in [0.3, 0.4) is 0 Å². The van der Waals surface area contributed by atoms with Crippen LogP contribution in [-0.4, -0.2) is 21.6 Å². The summed E-state index contributed by atoms with van der Waals surface area (Å²) in [6.45, 7) is 2.06. The van der Waals surface area contributed by atoms with Crippen molar-refractivity contribution < 1.29 is 0 Å². The van der Waals surface area contributed by atoms with Crippen LogP contribution in [0.15, 0.2) is 20.6 Å². The number of hydrogen-bond acceptors (Lipinski definition) is 3. The van der Waals surface area contributed by atoms with E-state index in [9.17, 15) is 4.79 Å². The van der Waals surface area contributed by atoms with Crippen molar-refractivity contribution in [1.29, 1.82) is 0 Å². The summed E-state index contributed by atoms with van der Waals surface area (Å²) in [5, 5.41) is 0.714. The first-order chi connectivity index (χ1) is 6.65. The average Bonchev–Trinajstić information content (AvgIpc) is 2.20. The molecular weight excluding hydrogens is 288 g/mol. The van der Waals surface area contributed by atoms with E-state index in [4.69, 9.17) is 11.6 Å². The van der Waals surface area contributed by atoms with E-state index in [-0.39, 0.29) is 5.56 Å². The molecule has 14 heavy (non-hydrogen) atoms. The first-order valence-corrected chi connectivity index (χ1v) is 6.38. The highest BCUT2D eigenvalue weighted by Crippen LogP contribution is 2.23. The summed E-state index contributed by atoms with van der Waals surface area (Å²) in [7, 11) is 0. The highest BCUT2D eigenvalue weighted by molar-refractivity contribution is 9.10. The number of hydrogen-bond donors (Lipinski definition) is 1. The third-order valence-electron chi connectivity index (χ3n) is 1.53. The second kappa shape index (κ2) is 5.78. The standard InChI is InChI=1S/C8H10BrClN2OS/c1-5(2-10)3-14-8-6(9)7(13)11-4-12-8/h4-5H,2-3H2,1H3,(H,11,12,13). The molecule has 0 spiro atoms. The first-order valence-electron chi connectivity index (χ1n) is 4.07. The Labute approximate surface area is 99.8 Å². The monoisotopic (exact) mass is 296 g/mol. The number of aromatic amines is 1. The zero-order valence-electron chi connectivity index (χ0n) is 7.59. The normalized spacial score (nSPS) is 12.8. The number of rotatable bonds is 4. The Hall–Kier alpha value is -0.000000000000000167. The zero-order chi connectivity index (χ0) is 10.6. The van der Waals surface area contributed by atoms with Crippen LogP contribution < -0.4 is 5.56 Å². The van der Waals surface area contributed by atoms with Crippen molar-refractivity contribution in [2.45, 2.75) is 11.9 Å². The molecule has 1 unspecified atom stereocenters. The van der Waals surface area contributed by atoms with E-state index >= 15 is 0 Å². The van der Waals surface area contributed by atoms with Crippen molar-refractivity contribution in [1.82, 2.24) is 9.97 Å². The largest absolute Gasteiger partial charge is 0.312 e. The summed E-state index contributed by atoms with van der Waals surface area (Å²) in [6, 6.07) is 0. The van der Waals surface area contributed by atoms with Crippen LogP contribution in [0.4, 0.5) is 0 Å². The molecule has 1 atom stereocenters. The van der Waals surface area contributed by atoms with Gasteiger partial charge >= 0.3 is 0 Å². The van der Waals surface area contributed by atoms with Crippen LogP contribution in [0.25, 0.3) is 0 Å². The van der Waals surface area contributed by atoms with Crippen molar-refractivity contribution in [2.24, 2.45) is 5.92 Å². The molecule has 1 aromatic rings. The van der Waals surface area contributed by atoms with Gasteiger partial charge in [-0.15, -0.1) is 23.4 Å². The van der Waals surface area contributed by atoms with E-state index in [0.29, 0.717) is 21.3 Å². The number of aromatic nitrogens is 2. The minimum Gasteiger partial charge on any atom is -0.312 e. The molecule has 0 saturated carbocycles. The molecule has 0 fully saturated rings. The fourth-order valence-electron chi connectivity index (χ4n) is 0.733. The van der Waals surface area contributed by atoms with Crippen LogP contribution in [0.2, 0.25) is 0 Å². The predicted molar refractivity (Wildman–Crippen MR) is 63.2 cm³/mol. The Bertz CT molecular complexity index is 357. The van der Waals surface area contributed by atoms with Crippen molar-refractivity contribution in [3.05, 3.63) is 21.2 Å². The van der Waals surface area contributed by atoms with Gasteiger partial charge in [-0.1, -0.05) is 6.92 Å². The minimum absolute atomic E-state index is 0.152. The average molecular weight is 298 g/mol. The number of H-pyrrole nitrogens is 1. The van der Waals surface area contributed by atoms with Gasteiger partial charge in [-0.3, -0.25) is 4.79 Å². The predicted octanol–water partition coefficient (Wildman–Crippen LogP) is 2.50. The van der Waals surface area contributed by atoms with Gasteiger partial charge in [-0.2, -0.15) is 0 Å². The summed E-state index contributed by atoms with van der Waals surface area (Å²) in [4.78, 5) is 17.7. The Morgan fingerprint density at radius 1 is 1.79 bits per heavy atom. The van der Waals surface area contributed by atoms with Crippen LogP contribution in [0, 0.1) is 5.92 Å². The molecule has 0 radical (unpaired) electrons. The van der Waals surface area contributed by atoms with Crippen molar-refractivity contribution in [3.63, 3.8) is 0 Å². The fourth-order valence-corrected chi connectivity index (χ4v) is 2.44. The van der Waals surface area contributed by atoms with Gasteiger partial charge in [0.2, 0.25) is 0 Å². The van der Waals surface area contributed by atoms with Crippen LogP contribution in [0.1, 0.15) is 6.92 Å². The summed E-state index contributed by atoms with van der Waals surface area (Å²) in [5.41, 5.74) is -0.152. The molecule has 0 aliphatic heterocycles. The van der Waals surface area contributed by atoms with E-state index in [1.807, 2.05) is 0 Å². The van der Waals surface area contributed by atoms with E-state index < -0.39 is 0 Å². The molecule has 3 nitrogen and oxygen atoms in total. The lowest BCUT2D eigenvalue weighted by molar-refractivity contribution is 0.757. The van der Waals surface area contributed by atoms with Gasteiger partial charge in [0.1, 0.15) is 9.50 Å². The molecule has 0 amide bonds. The Morgan fingerprint density at radius 3 is 3.14 bits per heavy atom. The highest BCUT2D eigenvalue weighted by atomic mass is 79.9. The number of alkyl halides is 1. The van der Waals surface area contributed by atoms with Crippen LogP contribution in [-0.2, 0) is 0 Å². The first kappa shape index (κ1) is 12.1. The van der Waals surface area contributed by atoms with E-state index in [0.717, 1.165) is 5.75 Å². The van der Waals surface area contributed by atoms with Crippen molar-refractivity contribution >= 4 is 39.3 Å². The molecule has 0 aromatic carbocycles. The Balaban J connectivity index is 2.68. The molecule has 1 heterocycles. The Kier molecular flexibility index (Phi) is 4.98. The van der Waals surface area contributed by atoms with Crippen LogP contribution >= 0.6 is 39.3 Å². The molecular formula is C8H10BrClN2OS. The van der Waals surface area contributed by atoms with E-state index in [1.54, 1.807) is 0 Å². The molecule has 1 rings (SSSR count). The molecule has 0 saturated heterocycles. The smallest absolute Gasteiger partial charge is 0.266 e. The van der Waals surface area contributed by atoms with Gasteiger partial charge in [-0.05, 0) is 21.8 Å². The van der Waals surface area contributed by atoms with Gasteiger partial charge in [0.05, 0.1) is 6.33 Å². The molecule has 1 N–H and O–H groups in total. The number of thioether (sulfide) groups is 1. The lowest BCUT2D eigenvalue weighted by Crippen LogP contribution is -2.09. The van der Waals surface area contributed by atoms with Crippen molar-refractivity contribution in [2.75, 3.05) is 11.6 Å². The number of halogens is 2. The van der Waals surface area contributed by atoms with Gasteiger partial charge in [-0.25, -0.2) is 4.98 Å². The molecule has 6 heteroatoms.